The van der Waals surface area contributed by atoms with Crippen molar-refractivity contribution in [2.75, 3.05) is 0 Å². The van der Waals surface area contributed by atoms with Crippen molar-refractivity contribution >= 4 is 17.0 Å². The van der Waals surface area contributed by atoms with E-state index in [2.05, 4.69) is 29.9 Å². The van der Waals surface area contributed by atoms with Crippen molar-refractivity contribution in [1.29, 1.82) is 0 Å². The number of allylic oxidation sites excluding steroid dienone is 2. The van der Waals surface area contributed by atoms with Gasteiger partial charge in [0.05, 0.1) is 12.0 Å². The molecule has 7 rings (SSSR count). The molecule has 0 saturated carbocycles. The minimum Gasteiger partial charge on any atom is -0.435 e. The fourth-order valence-corrected chi connectivity index (χ4v) is 4.62. The second-order valence-corrected chi connectivity index (χ2v) is 8.37. The zero-order chi connectivity index (χ0) is 24.4. The van der Waals surface area contributed by atoms with E-state index >= 15 is 4.39 Å². The van der Waals surface area contributed by atoms with Crippen molar-refractivity contribution in [3.63, 3.8) is 0 Å². The molecule has 6 heterocycles. The van der Waals surface area contributed by atoms with Crippen LogP contribution in [0.25, 0.3) is 22.8 Å². The van der Waals surface area contributed by atoms with Gasteiger partial charge >= 0.3 is 0 Å². The second-order valence-electron chi connectivity index (χ2n) is 8.37. The third kappa shape index (κ3) is 3.00. The molecule has 1 aromatic carbocycles. The van der Waals surface area contributed by atoms with Gasteiger partial charge in [-0.25, -0.2) is 33.7 Å². The first-order valence-corrected chi connectivity index (χ1v) is 11.1. The lowest BCUT2D eigenvalue weighted by molar-refractivity contribution is 0.0693. The Labute approximate surface area is 200 Å². The maximum atomic E-state index is 15.2. The summed E-state index contributed by atoms with van der Waals surface area (Å²) in [5, 5.41) is 0. The van der Waals surface area contributed by atoms with E-state index in [1.807, 2.05) is 0 Å². The van der Waals surface area contributed by atoms with Crippen LogP contribution in [0.5, 0.6) is 0 Å². The number of alkyl halides is 1. The average molecular weight is 487 g/mol. The molecule has 1 unspecified atom stereocenters. The summed E-state index contributed by atoms with van der Waals surface area (Å²) in [6.07, 6.45) is 4.77. The molecule has 1 amide bonds. The number of halogens is 2. The minimum atomic E-state index is -1.58. The molecule has 5 aromatic rings. The number of hydrogen-bond donors (Lipinski definition) is 1. The summed E-state index contributed by atoms with van der Waals surface area (Å²) >= 11 is 0. The van der Waals surface area contributed by atoms with E-state index in [0.717, 1.165) is 0 Å². The number of aromatic amines is 1. The highest BCUT2D eigenvalue weighted by molar-refractivity contribution is 5.95. The number of nitrogens with one attached hydrogen (secondary N) is 1. The Balaban J connectivity index is 1.41. The molecule has 0 radical (unpaired) electrons. The molecule has 2 atom stereocenters. The molecule has 12 heteroatoms. The molecule has 178 valence electrons. The fraction of sp³-hybridized carbons (Fsp3) is 0.167. The minimum absolute atomic E-state index is 0.0344. The maximum Gasteiger partial charge on any atom is 0.296 e. The van der Waals surface area contributed by atoms with E-state index in [0.29, 0.717) is 22.6 Å². The predicted octanol–water partition coefficient (Wildman–Crippen LogP) is 4.22. The van der Waals surface area contributed by atoms with Crippen molar-refractivity contribution in [3.8, 4) is 11.7 Å². The van der Waals surface area contributed by atoms with Crippen LogP contribution >= 0.6 is 0 Å². The predicted molar refractivity (Wildman–Crippen MR) is 118 cm³/mol. The number of amides is 1. The zero-order valence-corrected chi connectivity index (χ0v) is 18.4. The van der Waals surface area contributed by atoms with Gasteiger partial charge in [-0.05, 0) is 18.2 Å². The summed E-state index contributed by atoms with van der Waals surface area (Å²) in [6, 6.07) is 5.06. The third-order valence-electron chi connectivity index (χ3n) is 6.23. The van der Waals surface area contributed by atoms with Crippen LogP contribution in [0, 0.1) is 5.82 Å². The normalized spacial score (nSPS) is 20.8. The number of imidazole rings is 1. The average Bonchev–Trinajstić information content (AvgIpc) is 3.64. The van der Waals surface area contributed by atoms with Crippen LogP contribution in [0.4, 0.5) is 8.78 Å². The summed E-state index contributed by atoms with van der Waals surface area (Å²) in [7, 11) is 0. The number of para-hydroxylation sites is 1. The number of nitrogens with zero attached hydrogens (tertiary/aromatic N) is 6. The highest BCUT2D eigenvalue weighted by atomic mass is 19.1. The largest absolute Gasteiger partial charge is 0.435 e. The van der Waals surface area contributed by atoms with E-state index in [-0.39, 0.29) is 47.5 Å². The monoisotopic (exact) mass is 487 g/mol. The van der Waals surface area contributed by atoms with Gasteiger partial charge in [0.25, 0.3) is 11.8 Å². The van der Waals surface area contributed by atoms with E-state index in [1.54, 1.807) is 18.2 Å². The standard InChI is InChI=1S/C24H15F2N7O3/c25-12-6-5-11-9-15-17(30-10-29-15)18(22-31-14-4-1-3-13(26)19(14)35-22)33(11)24(34)20-16(12)32-23(36-20)21-27-7-2-8-28-21/h1-5,7-8,10,12,18H,6,9H2,(H,29,30)/b11-5+/t12?,18-/m0/s1. The van der Waals surface area contributed by atoms with Crippen LogP contribution in [-0.4, -0.2) is 40.7 Å². The number of hydrogen-bond acceptors (Lipinski definition) is 8. The van der Waals surface area contributed by atoms with E-state index in [1.165, 1.54) is 35.8 Å². The molecular weight excluding hydrogens is 472 g/mol. The molecule has 1 N–H and O–H groups in total. The Morgan fingerprint density at radius 2 is 1.92 bits per heavy atom. The molecule has 0 fully saturated rings. The first kappa shape index (κ1) is 20.6. The van der Waals surface area contributed by atoms with Gasteiger partial charge in [-0.15, -0.1) is 0 Å². The molecule has 0 spiro atoms. The Kier molecular flexibility index (Phi) is 4.37. The van der Waals surface area contributed by atoms with E-state index in [4.69, 9.17) is 8.83 Å². The molecule has 4 aromatic heterocycles. The topological polar surface area (TPSA) is 127 Å². The SMILES string of the molecule is O=C1c2oc(-c3ncccn3)nc2C(F)C/C=C2\Cc3[nH]cnc3[C@@H](c3nc4cccc(F)c4o3)N12. The molecule has 0 bridgehead atoms. The Morgan fingerprint density at radius 1 is 1.06 bits per heavy atom. The number of rotatable bonds is 2. The van der Waals surface area contributed by atoms with Gasteiger partial charge in [-0.3, -0.25) is 9.69 Å². The van der Waals surface area contributed by atoms with Gasteiger partial charge in [0.1, 0.15) is 17.4 Å². The Bertz CT molecular complexity index is 1670. The highest BCUT2D eigenvalue weighted by Gasteiger charge is 2.44. The third-order valence-corrected chi connectivity index (χ3v) is 6.23. The first-order valence-electron chi connectivity index (χ1n) is 11.1. The highest BCUT2D eigenvalue weighted by Crippen LogP contribution is 2.43. The van der Waals surface area contributed by atoms with Crippen LogP contribution in [0.3, 0.4) is 0 Å². The van der Waals surface area contributed by atoms with E-state index in [9.17, 15) is 9.18 Å². The number of carbonyl (C=O) groups is 1. The molecule has 0 aliphatic carbocycles. The lowest BCUT2D eigenvalue weighted by atomic mass is 9.96. The summed E-state index contributed by atoms with van der Waals surface area (Å²) in [6.45, 7) is 0. The number of fused-ring (bicyclic) bond motifs is 4. The molecule has 2 aliphatic heterocycles. The number of H-pyrrole nitrogens is 1. The van der Waals surface area contributed by atoms with Gasteiger partial charge in [-0.2, -0.15) is 0 Å². The summed E-state index contributed by atoms with van der Waals surface area (Å²) in [4.78, 5) is 39.7. The molecule has 2 aliphatic rings. The van der Waals surface area contributed by atoms with Crippen LogP contribution in [0.1, 0.15) is 52.2 Å². The van der Waals surface area contributed by atoms with E-state index < -0.39 is 23.9 Å². The van der Waals surface area contributed by atoms with Crippen molar-refractivity contribution in [3.05, 3.63) is 89.3 Å². The van der Waals surface area contributed by atoms with Crippen molar-refractivity contribution in [1.82, 2.24) is 34.8 Å². The second kappa shape index (κ2) is 7.63. The van der Waals surface area contributed by atoms with Gasteiger partial charge < -0.3 is 13.8 Å². The maximum absolute atomic E-state index is 15.2. The smallest absolute Gasteiger partial charge is 0.296 e. The lowest BCUT2D eigenvalue weighted by Gasteiger charge is -2.35. The van der Waals surface area contributed by atoms with Crippen molar-refractivity contribution in [2.24, 2.45) is 0 Å². The van der Waals surface area contributed by atoms with Crippen LogP contribution in [-0.2, 0) is 6.42 Å². The first-order chi connectivity index (χ1) is 17.6. The van der Waals surface area contributed by atoms with Crippen LogP contribution in [0.2, 0.25) is 0 Å². The van der Waals surface area contributed by atoms with Crippen LogP contribution < -0.4 is 0 Å². The lowest BCUT2D eigenvalue weighted by Crippen LogP contribution is -2.40. The summed E-state index contributed by atoms with van der Waals surface area (Å²) < 4.78 is 41.2. The molecular formula is C24H15F2N7O3. The number of oxazole rings is 2. The summed E-state index contributed by atoms with van der Waals surface area (Å²) in [5.74, 6) is -1.40. The number of aromatic nitrogens is 6. The Hall–Kier alpha value is -4.74. The molecule has 10 nitrogen and oxygen atoms in total. The van der Waals surface area contributed by atoms with Gasteiger partial charge in [0, 0.05) is 36.6 Å². The van der Waals surface area contributed by atoms with Gasteiger partial charge in [0.2, 0.25) is 17.5 Å². The zero-order valence-electron chi connectivity index (χ0n) is 18.4. The fourth-order valence-electron chi connectivity index (χ4n) is 4.62. The molecule has 36 heavy (non-hydrogen) atoms. The van der Waals surface area contributed by atoms with Crippen molar-refractivity contribution < 1.29 is 22.4 Å². The number of benzene rings is 1. The van der Waals surface area contributed by atoms with Gasteiger partial charge in [-0.1, -0.05) is 12.1 Å². The quantitative estimate of drug-likeness (QED) is 0.392. The van der Waals surface area contributed by atoms with Crippen molar-refractivity contribution in [2.45, 2.75) is 25.1 Å². The number of carbonyl (C=O) groups excluding carboxylic acids is 1. The summed E-state index contributed by atoms with van der Waals surface area (Å²) in [5.41, 5.74) is 1.82. The van der Waals surface area contributed by atoms with Crippen LogP contribution in [0.15, 0.2) is 63.6 Å². The molecule has 0 saturated heterocycles. The van der Waals surface area contributed by atoms with Gasteiger partial charge in [0.15, 0.2) is 17.4 Å². The Morgan fingerprint density at radius 3 is 2.75 bits per heavy atom.